The van der Waals surface area contributed by atoms with E-state index in [1.165, 1.54) is 12.3 Å². The number of hydrogen-bond donors (Lipinski definition) is 0. The molecule has 19 heavy (non-hydrogen) atoms. The fraction of sp³-hybridized carbons (Fsp3) is 0.250. The highest BCUT2D eigenvalue weighted by molar-refractivity contribution is 9.10. The Labute approximate surface area is 120 Å². The molecule has 2 rings (SSSR count). The van der Waals surface area contributed by atoms with Crippen LogP contribution >= 0.6 is 27.5 Å². The number of hydrogen-bond acceptors (Lipinski definition) is 2. The topological polar surface area (TPSA) is 22.1 Å². The normalized spacial score (nSPS) is 13.6. The van der Waals surface area contributed by atoms with Crippen molar-refractivity contribution in [2.45, 2.75) is 19.2 Å². The number of alkyl halides is 3. The molecule has 0 fully saturated rings. The van der Waals surface area contributed by atoms with Crippen LogP contribution in [0.25, 0.3) is 10.8 Å². The Hall–Kier alpha value is -1.01. The second kappa shape index (κ2) is 5.17. The first-order valence-corrected chi connectivity index (χ1v) is 6.43. The molecule has 0 spiro atoms. The van der Waals surface area contributed by atoms with Crippen molar-refractivity contribution < 1.29 is 17.9 Å². The molecular formula is C12H8BrClF3NO. The zero-order valence-electron chi connectivity index (χ0n) is 9.63. The van der Waals surface area contributed by atoms with Crippen molar-refractivity contribution in [1.29, 1.82) is 0 Å². The Morgan fingerprint density at radius 1 is 1.37 bits per heavy atom. The van der Waals surface area contributed by atoms with Gasteiger partial charge in [0.05, 0.1) is 5.39 Å². The van der Waals surface area contributed by atoms with Gasteiger partial charge in [-0.2, -0.15) is 13.2 Å². The van der Waals surface area contributed by atoms with Crippen molar-refractivity contribution in [2.24, 2.45) is 0 Å². The van der Waals surface area contributed by atoms with Crippen LogP contribution in [0.4, 0.5) is 13.2 Å². The number of rotatable bonds is 2. The maximum absolute atomic E-state index is 12.6. The summed E-state index contributed by atoms with van der Waals surface area (Å²) in [5, 5.41) is 1.12. The average Bonchev–Trinajstić information content (AvgIpc) is 2.26. The van der Waals surface area contributed by atoms with E-state index in [9.17, 15) is 13.2 Å². The predicted molar refractivity (Wildman–Crippen MR) is 70.6 cm³/mol. The van der Waals surface area contributed by atoms with Crippen molar-refractivity contribution >= 4 is 38.3 Å². The summed E-state index contributed by atoms with van der Waals surface area (Å²) >= 11 is 9.15. The minimum Gasteiger partial charge on any atom is -0.480 e. The van der Waals surface area contributed by atoms with Crippen LogP contribution in [0.5, 0.6) is 5.75 Å². The first-order chi connectivity index (χ1) is 8.79. The highest BCUT2D eigenvalue weighted by Gasteiger charge is 2.38. The fourth-order valence-corrected chi connectivity index (χ4v) is 2.27. The zero-order chi connectivity index (χ0) is 14.2. The average molecular weight is 355 g/mol. The minimum atomic E-state index is -4.44. The van der Waals surface area contributed by atoms with Crippen LogP contribution in [0.15, 0.2) is 28.9 Å². The summed E-state index contributed by atoms with van der Waals surface area (Å²) < 4.78 is 43.2. The maximum atomic E-state index is 12.6. The van der Waals surface area contributed by atoms with Gasteiger partial charge in [0.1, 0.15) is 10.9 Å². The van der Waals surface area contributed by atoms with E-state index in [2.05, 4.69) is 20.9 Å². The molecule has 0 aliphatic rings. The van der Waals surface area contributed by atoms with Crippen LogP contribution in [0.1, 0.15) is 6.92 Å². The highest BCUT2D eigenvalue weighted by Crippen LogP contribution is 2.36. The maximum Gasteiger partial charge on any atom is 0.425 e. The van der Waals surface area contributed by atoms with E-state index in [0.717, 1.165) is 6.92 Å². The molecule has 7 heteroatoms. The molecule has 1 atom stereocenters. The number of ether oxygens (including phenoxy) is 1. The quantitative estimate of drug-likeness (QED) is 0.710. The minimum absolute atomic E-state index is 0.0484. The number of aromatic nitrogens is 1. The Balaban J connectivity index is 2.53. The highest BCUT2D eigenvalue weighted by atomic mass is 79.9. The lowest BCUT2D eigenvalue weighted by Gasteiger charge is -2.19. The van der Waals surface area contributed by atoms with Gasteiger partial charge in [-0.15, -0.1) is 0 Å². The van der Waals surface area contributed by atoms with E-state index in [1.54, 1.807) is 12.1 Å². The largest absolute Gasteiger partial charge is 0.480 e. The van der Waals surface area contributed by atoms with Gasteiger partial charge < -0.3 is 4.74 Å². The molecule has 0 saturated carbocycles. The van der Waals surface area contributed by atoms with Gasteiger partial charge in [-0.3, -0.25) is 0 Å². The Kier molecular flexibility index (Phi) is 3.92. The van der Waals surface area contributed by atoms with Crippen LogP contribution in [-0.2, 0) is 0 Å². The van der Waals surface area contributed by atoms with Crippen molar-refractivity contribution in [3.8, 4) is 5.75 Å². The molecule has 1 heterocycles. The molecule has 0 bridgehead atoms. The van der Waals surface area contributed by atoms with Gasteiger partial charge in [0.25, 0.3) is 0 Å². The van der Waals surface area contributed by atoms with Crippen LogP contribution in [0.2, 0.25) is 5.15 Å². The third kappa shape index (κ3) is 3.12. The van der Waals surface area contributed by atoms with Crippen LogP contribution in [0, 0.1) is 0 Å². The standard InChI is InChI=1S/C12H8BrClF3NO/c1-6(12(15,16)17)19-9-5-8(13)4-7-2-3-18-11(14)10(7)9/h2-6H,1H3. The molecule has 0 amide bonds. The van der Waals surface area contributed by atoms with Gasteiger partial charge in [0, 0.05) is 10.7 Å². The number of nitrogens with zero attached hydrogens (tertiary/aromatic N) is 1. The molecule has 2 aromatic rings. The molecule has 1 aromatic heterocycles. The Morgan fingerprint density at radius 2 is 2.05 bits per heavy atom. The summed E-state index contributed by atoms with van der Waals surface area (Å²) in [5.74, 6) is 0.0484. The van der Waals surface area contributed by atoms with Gasteiger partial charge in [-0.25, -0.2) is 4.98 Å². The van der Waals surface area contributed by atoms with E-state index >= 15 is 0 Å². The molecule has 0 aliphatic heterocycles. The number of halogens is 5. The van der Waals surface area contributed by atoms with Gasteiger partial charge in [0.15, 0.2) is 6.10 Å². The summed E-state index contributed by atoms with van der Waals surface area (Å²) in [4.78, 5) is 3.86. The third-order valence-electron chi connectivity index (χ3n) is 2.51. The first kappa shape index (κ1) is 14.4. The van der Waals surface area contributed by atoms with E-state index in [4.69, 9.17) is 16.3 Å². The molecule has 102 valence electrons. The van der Waals surface area contributed by atoms with E-state index < -0.39 is 12.3 Å². The summed E-state index contributed by atoms with van der Waals surface area (Å²) in [6.07, 6.45) is -4.89. The van der Waals surface area contributed by atoms with Gasteiger partial charge >= 0.3 is 6.18 Å². The molecule has 0 saturated heterocycles. The first-order valence-electron chi connectivity index (χ1n) is 5.26. The fourth-order valence-electron chi connectivity index (χ4n) is 1.55. The second-order valence-corrected chi connectivity index (χ2v) is 5.18. The van der Waals surface area contributed by atoms with Crippen molar-refractivity contribution in [2.75, 3.05) is 0 Å². The van der Waals surface area contributed by atoms with E-state index in [-0.39, 0.29) is 10.9 Å². The summed E-state index contributed by atoms with van der Waals surface area (Å²) in [7, 11) is 0. The van der Waals surface area contributed by atoms with Crippen LogP contribution in [0.3, 0.4) is 0 Å². The van der Waals surface area contributed by atoms with Gasteiger partial charge in [-0.1, -0.05) is 27.5 Å². The Morgan fingerprint density at radius 3 is 2.68 bits per heavy atom. The lowest BCUT2D eigenvalue weighted by molar-refractivity contribution is -0.189. The SMILES string of the molecule is CC(Oc1cc(Br)cc2ccnc(Cl)c12)C(F)(F)F. The van der Waals surface area contributed by atoms with Gasteiger partial charge in [-0.05, 0) is 30.5 Å². The molecule has 0 aliphatic carbocycles. The zero-order valence-corrected chi connectivity index (χ0v) is 12.0. The van der Waals surface area contributed by atoms with E-state index in [0.29, 0.717) is 15.2 Å². The lowest BCUT2D eigenvalue weighted by Crippen LogP contribution is -2.31. The molecule has 0 radical (unpaired) electrons. The lowest BCUT2D eigenvalue weighted by atomic mass is 10.1. The molecule has 0 N–H and O–H groups in total. The summed E-state index contributed by atoms with van der Waals surface area (Å²) in [5.41, 5.74) is 0. The van der Waals surface area contributed by atoms with Crippen molar-refractivity contribution in [3.05, 3.63) is 34.0 Å². The molecule has 1 unspecified atom stereocenters. The Bertz CT molecular complexity index is 618. The van der Waals surface area contributed by atoms with Crippen LogP contribution < -0.4 is 4.74 Å². The number of pyridine rings is 1. The van der Waals surface area contributed by atoms with E-state index in [1.807, 2.05) is 0 Å². The second-order valence-electron chi connectivity index (χ2n) is 3.91. The molecule has 1 aromatic carbocycles. The number of fused-ring (bicyclic) bond motifs is 1. The summed E-state index contributed by atoms with van der Waals surface area (Å²) in [6, 6.07) is 4.82. The van der Waals surface area contributed by atoms with Crippen molar-refractivity contribution in [3.63, 3.8) is 0 Å². The predicted octanol–water partition coefficient (Wildman–Crippen LogP) is 4.98. The third-order valence-corrected chi connectivity index (χ3v) is 3.25. The summed E-state index contributed by atoms with van der Waals surface area (Å²) in [6.45, 7) is 0.941. The monoisotopic (exact) mass is 353 g/mol. The van der Waals surface area contributed by atoms with Gasteiger partial charge in [0.2, 0.25) is 0 Å². The number of benzene rings is 1. The van der Waals surface area contributed by atoms with Crippen LogP contribution in [-0.4, -0.2) is 17.3 Å². The molecule has 2 nitrogen and oxygen atoms in total. The van der Waals surface area contributed by atoms with Crippen molar-refractivity contribution in [1.82, 2.24) is 4.98 Å². The smallest absolute Gasteiger partial charge is 0.425 e. The molecular weight excluding hydrogens is 346 g/mol.